The molecule has 3 heteroatoms. The predicted octanol–water partition coefficient (Wildman–Crippen LogP) is 3.30. The van der Waals surface area contributed by atoms with E-state index in [-0.39, 0.29) is 0 Å². The normalized spacial score (nSPS) is 15.0. The van der Waals surface area contributed by atoms with Gasteiger partial charge in [0.25, 0.3) is 0 Å². The number of hydrogen-bond acceptors (Lipinski definition) is 3. The molecular formula is C18H21N3. The molecule has 0 unspecified atom stereocenters. The van der Waals surface area contributed by atoms with Gasteiger partial charge in [0.05, 0.1) is 18.0 Å². The van der Waals surface area contributed by atoms with E-state index in [0.29, 0.717) is 6.42 Å². The summed E-state index contributed by atoms with van der Waals surface area (Å²) in [4.78, 5) is 7.32. The van der Waals surface area contributed by atoms with Crippen molar-refractivity contribution in [3.8, 4) is 6.07 Å². The van der Waals surface area contributed by atoms with E-state index in [4.69, 9.17) is 4.98 Å². The average molecular weight is 279 g/mol. The molecule has 1 aliphatic rings. The Labute approximate surface area is 126 Å². The molecular weight excluding hydrogens is 258 g/mol. The number of nitrogens with zero attached hydrogens (tertiary/aromatic N) is 3. The summed E-state index contributed by atoms with van der Waals surface area (Å²) in [7, 11) is 0. The third-order valence-electron chi connectivity index (χ3n) is 4.65. The third kappa shape index (κ3) is 2.41. The van der Waals surface area contributed by atoms with Gasteiger partial charge in [-0.3, -0.25) is 9.88 Å². The number of likely N-dealkylation sites (N-methyl/N-ethyl adjacent to an activating group) is 1. The highest BCUT2D eigenvalue weighted by Crippen LogP contribution is 2.30. The smallest absolute Gasteiger partial charge is 0.0711 e. The zero-order valence-corrected chi connectivity index (χ0v) is 13.0. The second-order valence-corrected chi connectivity index (χ2v) is 5.92. The van der Waals surface area contributed by atoms with Crippen LogP contribution in [0.5, 0.6) is 0 Å². The fraction of sp³-hybridized carbons (Fsp3) is 0.444. The Hall–Kier alpha value is -1.92. The van der Waals surface area contributed by atoms with Crippen LogP contribution in [0.2, 0.25) is 0 Å². The van der Waals surface area contributed by atoms with Crippen molar-refractivity contribution in [2.45, 2.75) is 40.2 Å². The van der Waals surface area contributed by atoms with Gasteiger partial charge in [-0.05, 0) is 54.8 Å². The van der Waals surface area contributed by atoms with Gasteiger partial charge in [0, 0.05) is 30.6 Å². The minimum Gasteiger partial charge on any atom is -0.299 e. The number of fused-ring (bicyclic) bond motifs is 2. The van der Waals surface area contributed by atoms with Crippen LogP contribution in [0.3, 0.4) is 0 Å². The minimum atomic E-state index is 0.474. The molecule has 0 atom stereocenters. The lowest BCUT2D eigenvalue weighted by atomic mass is 9.92. The van der Waals surface area contributed by atoms with Crippen molar-refractivity contribution in [1.29, 1.82) is 5.26 Å². The number of aromatic nitrogens is 1. The van der Waals surface area contributed by atoms with Gasteiger partial charge >= 0.3 is 0 Å². The molecule has 0 radical (unpaired) electrons. The quantitative estimate of drug-likeness (QED) is 0.847. The maximum absolute atomic E-state index is 9.24. The summed E-state index contributed by atoms with van der Waals surface area (Å²) in [5, 5.41) is 10.4. The number of aryl methyl sites for hydroxylation is 2. The molecule has 108 valence electrons. The third-order valence-corrected chi connectivity index (χ3v) is 4.65. The Kier molecular flexibility index (Phi) is 3.65. The molecule has 0 N–H and O–H groups in total. The summed E-state index contributed by atoms with van der Waals surface area (Å²) >= 11 is 0. The van der Waals surface area contributed by atoms with Crippen molar-refractivity contribution in [2.24, 2.45) is 0 Å². The van der Waals surface area contributed by atoms with Gasteiger partial charge in [0.1, 0.15) is 0 Å². The maximum atomic E-state index is 9.24. The second-order valence-electron chi connectivity index (χ2n) is 5.92. The number of nitriles is 1. The molecule has 2 aromatic rings. The maximum Gasteiger partial charge on any atom is 0.0711 e. The van der Waals surface area contributed by atoms with E-state index in [1.165, 1.54) is 27.9 Å². The van der Waals surface area contributed by atoms with Gasteiger partial charge in [-0.1, -0.05) is 6.92 Å². The Balaban J connectivity index is 2.27. The van der Waals surface area contributed by atoms with Crippen LogP contribution in [-0.2, 0) is 19.4 Å². The molecule has 1 aliphatic heterocycles. The van der Waals surface area contributed by atoms with Crippen LogP contribution in [0, 0.1) is 25.2 Å². The summed E-state index contributed by atoms with van der Waals surface area (Å²) < 4.78 is 0. The van der Waals surface area contributed by atoms with Gasteiger partial charge in [0.15, 0.2) is 0 Å². The van der Waals surface area contributed by atoms with Crippen molar-refractivity contribution in [2.75, 3.05) is 13.1 Å². The number of benzene rings is 1. The van der Waals surface area contributed by atoms with Crippen molar-refractivity contribution >= 4 is 10.9 Å². The zero-order chi connectivity index (χ0) is 15.0. The van der Waals surface area contributed by atoms with E-state index < -0.39 is 0 Å². The lowest BCUT2D eigenvalue weighted by Crippen LogP contribution is -2.31. The van der Waals surface area contributed by atoms with Crippen LogP contribution in [0.15, 0.2) is 12.1 Å². The fourth-order valence-electron chi connectivity index (χ4n) is 3.20. The summed E-state index contributed by atoms with van der Waals surface area (Å²) in [6.45, 7) is 9.49. The Morgan fingerprint density at radius 1 is 1.29 bits per heavy atom. The number of pyridine rings is 1. The van der Waals surface area contributed by atoms with E-state index in [2.05, 4.69) is 43.9 Å². The lowest BCUT2D eigenvalue weighted by Gasteiger charge is -2.29. The summed E-state index contributed by atoms with van der Waals surface area (Å²) in [6.07, 6.45) is 1.46. The lowest BCUT2D eigenvalue weighted by molar-refractivity contribution is 0.265. The van der Waals surface area contributed by atoms with Crippen molar-refractivity contribution in [3.05, 3.63) is 40.1 Å². The van der Waals surface area contributed by atoms with E-state index in [1.807, 2.05) is 0 Å². The number of rotatable bonds is 2. The minimum absolute atomic E-state index is 0.474. The van der Waals surface area contributed by atoms with Crippen LogP contribution >= 0.6 is 0 Å². The predicted molar refractivity (Wildman–Crippen MR) is 85.2 cm³/mol. The van der Waals surface area contributed by atoms with E-state index >= 15 is 0 Å². The van der Waals surface area contributed by atoms with Crippen LogP contribution in [-0.4, -0.2) is 23.0 Å². The Morgan fingerprint density at radius 3 is 2.76 bits per heavy atom. The summed E-state index contributed by atoms with van der Waals surface area (Å²) in [5.74, 6) is 0. The standard InChI is InChI=1S/C18H21N3/c1-4-21-8-6-17-16(11-21)14(5-7-19)15-9-12(2)13(3)10-18(15)20-17/h9-10H,4-6,8,11H2,1-3H3. The van der Waals surface area contributed by atoms with E-state index in [0.717, 1.165) is 37.0 Å². The largest absolute Gasteiger partial charge is 0.299 e. The Bertz CT molecular complexity index is 740. The van der Waals surface area contributed by atoms with Gasteiger partial charge in [-0.2, -0.15) is 5.26 Å². The molecule has 0 saturated carbocycles. The molecule has 0 bridgehead atoms. The summed E-state index contributed by atoms with van der Waals surface area (Å²) in [6, 6.07) is 6.72. The van der Waals surface area contributed by atoms with Crippen molar-refractivity contribution < 1.29 is 0 Å². The molecule has 1 aromatic carbocycles. The zero-order valence-electron chi connectivity index (χ0n) is 13.0. The molecule has 0 fully saturated rings. The molecule has 3 nitrogen and oxygen atoms in total. The highest BCUT2D eigenvalue weighted by atomic mass is 15.1. The molecule has 1 aromatic heterocycles. The molecule has 0 saturated heterocycles. The summed E-state index contributed by atoms with van der Waals surface area (Å²) in [5.41, 5.74) is 7.27. The molecule has 21 heavy (non-hydrogen) atoms. The van der Waals surface area contributed by atoms with E-state index in [1.54, 1.807) is 0 Å². The van der Waals surface area contributed by atoms with Gasteiger partial charge in [0.2, 0.25) is 0 Å². The highest BCUT2D eigenvalue weighted by molar-refractivity contribution is 5.85. The first-order valence-electron chi connectivity index (χ1n) is 7.65. The van der Waals surface area contributed by atoms with Gasteiger partial charge in [-0.25, -0.2) is 0 Å². The van der Waals surface area contributed by atoms with E-state index in [9.17, 15) is 5.26 Å². The molecule has 0 amide bonds. The average Bonchev–Trinajstić information content (AvgIpc) is 2.49. The van der Waals surface area contributed by atoms with Crippen molar-refractivity contribution in [3.63, 3.8) is 0 Å². The van der Waals surface area contributed by atoms with Crippen LogP contribution in [0.4, 0.5) is 0 Å². The highest BCUT2D eigenvalue weighted by Gasteiger charge is 2.21. The topological polar surface area (TPSA) is 39.9 Å². The molecule has 0 aliphatic carbocycles. The van der Waals surface area contributed by atoms with Crippen LogP contribution in [0.25, 0.3) is 10.9 Å². The molecule has 3 rings (SSSR count). The first-order chi connectivity index (χ1) is 10.1. The molecule has 0 spiro atoms. The first kappa shape index (κ1) is 14.0. The number of hydrogen-bond donors (Lipinski definition) is 0. The fourth-order valence-corrected chi connectivity index (χ4v) is 3.20. The first-order valence-corrected chi connectivity index (χ1v) is 7.65. The van der Waals surface area contributed by atoms with Gasteiger partial charge < -0.3 is 0 Å². The monoisotopic (exact) mass is 279 g/mol. The SMILES string of the molecule is CCN1CCc2nc3cc(C)c(C)cc3c(CC#N)c2C1. The van der Waals surface area contributed by atoms with Gasteiger partial charge in [-0.15, -0.1) is 0 Å². The second kappa shape index (κ2) is 5.46. The van der Waals surface area contributed by atoms with Crippen LogP contribution < -0.4 is 0 Å². The van der Waals surface area contributed by atoms with Crippen LogP contribution in [0.1, 0.15) is 34.9 Å². The Morgan fingerprint density at radius 2 is 2.05 bits per heavy atom. The van der Waals surface area contributed by atoms with Crippen molar-refractivity contribution in [1.82, 2.24) is 9.88 Å². The molecule has 2 heterocycles.